The molecule has 0 aliphatic heterocycles. The van der Waals surface area contributed by atoms with Crippen molar-refractivity contribution in [2.45, 2.75) is 56.3 Å². The second-order valence-electron chi connectivity index (χ2n) is 22.7. The molecular formula is C73H57N. The summed E-state index contributed by atoms with van der Waals surface area (Å²) in [5, 5.41) is 0. The van der Waals surface area contributed by atoms with E-state index in [0.717, 1.165) is 35.8 Å². The zero-order valence-electron chi connectivity index (χ0n) is 41.9. The summed E-state index contributed by atoms with van der Waals surface area (Å²) in [7, 11) is 0. The predicted molar refractivity (Wildman–Crippen MR) is 306 cm³/mol. The quantitative estimate of drug-likeness (QED) is 0.154. The van der Waals surface area contributed by atoms with Crippen LogP contribution in [0.4, 0.5) is 17.1 Å². The molecule has 7 aliphatic carbocycles. The van der Waals surface area contributed by atoms with Gasteiger partial charge in [-0.1, -0.05) is 195 Å². The highest BCUT2D eigenvalue weighted by Crippen LogP contribution is 2.70. The van der Waals surface area contributed by atoms with Crippen molar-refractivity contribution in [3.05, 3.63) is 269 Å². The van der Waals surface area contributed by atoms with E-state index in [2.05, 4.69) is 242 Å². The van der Waals surface area contributed by atoms with Gasteiger partial charge >= 0.3 is 0 Å². The Bertz CT molecular complexity index is 3850. The fourth-order valence-electron chi connectivity index (χ4n) is 16.4. The Morgan fingerprint density at radius 2 is 0.757 bits per heavy atom. The number of benzene rings is 10. The minimum atomic E-state index is -0.524. The first-order valence-corrected chi connectivity index (χ1v) is 27.5. The lowest BCUT2D eigenvalue weighted by Crippen LogP contribution is -2.55. The van der Waals surface area contributed by atoms with Crippen molar-refractivity contribution in [1.82, 2.24) is 0 Å². The third kappa shape index (κ3) is 5.87. The van der Waals surface area contributed by atoms with E-state index < -0.39 is 5.41 Å². The molecular weight excluding hydrogens is 891 g/mol. The molecule has 10 aromatic rings. The smallest absolute Gasteiger partial charge is 0.0726 e. The molecule has 1 nitrogen and oxygen atoms in total. The monoisotopic (exact) mass is 947 g/mol. The zero-order valence-corrected chi connectivity index (χ0v) is 41.9. The normalized spacial score (nSPS) is 22.6. The third-order valence-electron chi connectivity index (χ3n) is 19.3. The molecule has 354 valence electrons. The largest absolute Gasteiger partial charge is 0.310 e. The summed E-state index contributed by atoms with van der Waals surface area (Å²) in [6, 6.07) is 88.6. The van der Waals surface area contributed by atoms with Crippen LogP contribution in [0.15, 0.2) is 231 Å². The molecule has 10 aromatic carbocycles. The molecule has 2 spiro atoms. The maximum Gasteiger partial charge on any atom is 0.0726 e. The van der Waals surface area contributed by atoms with Crippen molar-refractivity contribution in [2.24, 2.45) is 23.7 Å². The van der Waals surface area contributed by atoms with Crippen LogP contribution in [0.5, 0.6) is 0 Å². The summed E-state index contributed by atoms with van der Waals surface area (Å²) in [5.74, 6) is 3.27. The molecule has 1 unspecified atom stereocenters. The van der Waals surface area contributed by atoms with Crippen molar-refractivity contribution in [2.75, 3.05) is 4.90 Å². The molecule has 0 saturated heterocycles. The van der Waals surface area contributed by atoms with E-state index in [1.165, 1.54) is 138 Å². The number of aryl methyl sites for hydroxylation is 1. The molecule has 7 aliphatic rings. The van der Waals surface area contributed by atoms with Gasteiger partial charge in [-0.25, -0.2) is 0 Å². The van der Waals surface area contributed by atoms with E-state index in [0.29, 0.717) is 0 Å². The molecule has 0 radical (unpaired) electrons. The van der Waals surface area contributed by atoms with Crippen LogP contribution < -0.4 is 4.90 Å². The number of rotatable bonds is 7. The summed E-state index contributed by atoms with van der Waals surface area (Å²) >= 11 is 0. The van der Waals surface area contributed by atoms with Gasteiger partial charge in [-0.05, 0) is 210 Å². The Labute approximate surface area is 435 Å². The molecule has 0 N–H and O–H groups in total. The van der Waals surface area contributed by atoms with Gasteiger partial charge in [-0.15, -0.1) is 0 Å². The minimum Gasteiger partial charge on any atom is -0.310 e. The SMILES string of the molecule is CCc1ccc2c(c1)C1(c3ccccc3-c3ccc(N(c4ccc(-c5ccccc5)cc4)c4ccc5c(c4)-c4ccccc4C54C5CC6CC(C5)CC4C6)cc31)c1cc(-c3ccc(-c4ccccc4)cc3)ccc1-2. The van der Waals surface area contributed by atoms with Crippen LogP contribution in [0, 0.1) is 23.7 Å². The zero-order chi connectivity index (χ0) is 48.7. The van der Waals surface area contributed by atoms with Gasteiger partial charge in [0.05, 0.1) is 5.41 Å². The van der Waals surface area contributed by atoms with E-state index in [-0.39, 0.29) is 5.41 Å². The number of fused-ring (bicyclic) bond motifs is 13. The van der Waals surface area contributed by atoms with E-state index in [4.69, 9.17) is 0 Å². The Morgan fingerprint density at radius 3 is 1.41 bits per heavy atom. The van der Waals surface area contributed by atoms with Crippen molar-refractivity contribution >= 4 is 17.1 Å². The third-order valence-corrected chi connectivity index (χ3v) is 19.3. The number of hydrogen-bond donors (Lipinski definition) is 0. The lowest BCUT2D eigenvalue weighted by atomic mass is 9.43. The van der Waals surface area contributed by atoms with Gasteiger partial charge in [0, 0.05) is 22.5 Å². The molecule has 4 saturated carbocycles. The standard InChI is InChI=1S/C73H57N/c1-2-46-21-33-62-63-34-28-54(53-24-22-51(23-25-53)49-13-5-3-6-14-49)43-70(63)73(69(62)42-46)67-20-12-9-17-60(67)64-35-31-59(45-71(64)73)74(57-29-26-52(27-30-57)50-15-7-4-8-16-50)58-32-36-68-65(44-58)61-18-10-11-19-66(61)72(68)55-38-47-37-48(40-55)41-56(72)39-47/h3-36,42-45,47-48,55-56H,2,37-41H2,1H3. The van der Waals surface area contributed by atoms with E-state index >= 15 is 0 Å². The van der Waals surface area contributed by atoms with Crippen LogP contribution in [0.25, 0.3) is 66.8 Å². The summed E-state index contributed by atoms with van der Waals surface area (Å²) in [4.78, 5) is 2.57. The minimum absolute atomic E-state index is 0.120. The second kappa shape index (κ2) is 16.0. The van der Waals surface area contributed by atoms with Crippen molar-refractivity contribution < 1.29 is 0 Å². The van der Waals surface area contributed by atoms with Crippen molar-refractivity contribution in [3.8, 4) is 66.8 Å². The first-order valence-electron chi connectivity index (χ1n) is 27.5. The number of hydrogen-bond acceptors (Lipinski definition) is 1. The molecule has 1 heteroatoms. The summed E-state index contributed by atoms with van der Waals surface area (Å²) in [6.45, 7) is 2.29. The van der Waals surface area contributed by atoms with Gasteiger partial charge < -0.3 is 4.90 Å². The maximum atomic E-state index is 2.59. The fourth-order valence-corrected chi connectivity index (χ4v) is 16.4. The lowest BCUT2D eigenvalue weighted by molar-refractivity contribution is -0.0399. The van der Waals surface area contributed by atoms with Crippen molar-refractivity contribution in [1.29, 1.82) is 0 Å². The molecule has 0 heterocycles. The second-order valence-corrected chi connectivity index (χ2v) is 22.7. The average molecular weight is 948 g/mol. The van der Waals surface area contributed by atoms with Crippen LogP contribution in [-0.2, 0) is 17.3 Å². The topological polar surface area (TPSA) is 3.24 Å². The predicted octanol–water partition coefficient (Wildman–Crippen LogP) is 18.8. The van der Waals surface area contributed by atoms with Crippen LogP contribution >= 0.6 is 0 Å². The summed E-state index contributed by atoms with van der Waals surface area (Å²) in [5.41, 5.74) is 28.8. The Balaban J connectivity index is 0.904. The summed E-state index contributed by atoms with van der Waals surface area (Å²) in [6.07, 6.45) is 7.98. The molecule has 0 amide bonds. The first-order chi connectivity index (χ1) is 36.6. The van der Waals surface area contributed by atoms with Crippen LogP contribution in [0.3, 0.4) is 0 Å². The fraction of sp³-hybridized carbons (Fsp3) is 0.178. The van der Waals surface area contributed by atoms with Gasteiger partial charge in [0.25, 0.3) is 0 Å². The van der Waals surface area contributed by atoms with E-state index in [1.807, 2.05) is 0 Å². The average Bonchev–Trinajstić information content (AvgIpc) is 4.04. The maximum absolute atomic E-state index is 2.59. The Kier molecular flexibility index (Phi) is 9.19. The number of anilines is 3. The van der Waals surface area contributed by atoms with Crippen LogP contribution in [0.1, 0.15) is 78.0 Å². The van der Waals surface area contributed by atoms with E-state index in [9.17, 15) is 0 Å². The van der Waals surface area contributed by atoms with Gasteiger partial charge in [0.1, 0.15) is 0 Å². The molecule has 74 heavy (non-hydrogen) atoms. The van der Waals surface area contributed by atoms with Crippen LogP contribution in [-0.4, -0.2) is 0 Å². The molecule has 1 atom stereocenters. The molecule has 4 bridgehead atoms. The van der Waals surface area contributed by atoms with Crippen molar-refractivity contribution in [3.63, 3.8) is 0 Å². The summed E-state index contributed by atoms with van der Waals surface area (Å²) < 4.78 is 0. The van der Waals surface area contributed by atoms with Gasteiger partial charge in [-0.3, -0.25) is 0 Å². The first kappa shape index (κ1) is 42.5. The highest BCUT2D eigenvalue weighted by Gasteiger charge is 2.61. The van der Waals surface area contributed by atoms with Gasteiger partial charge in [0.15, 0.2) is 0 Å². The number of nitrogens with zero attached hydrogens (tertiary/aromatic N) is 1. The van der Waals surface area contributed by atoms with Gasteiger partial charge in [0.2, 0.25) is 0 Å². The van der Waals surface area contributed by atoms with E-state index in [1.54, 1.807) is 11.1 Å². The highest BCUT2D eigenvalue weighted by atomic mass is 15.1. The highest BCUT2D eigenvalue weighted by molar-refractivity contribution is 5.98. The van der Waals surface area contributed by atoms with Gasteiger partial charge in [-0.2, -0.15) is 0 Å². The Morgan fingerprint density at radius 1 is 0.324 bits per heavy atom. The molecule has 4 fully saturated rings. The van der Waals surface area contributed by atoms with Crippen LogP contribution in [0.2, 0.25) is 0 Å². The molecule has 0 aromatic heterocycles. The molecule has 17 rings (SSSR count). The Hall–Kier alpha value is -8.00. The lowest BCUT2D eigenvalue weighted by Gasteiger charge is -2.61.